The Balaban J connectivity index is 2.75. The van der Waals surface area contributed by atoms with Gasteiger partial charge in [-0.3, -0.25) is 0 Å². The molecule has 0 saturated heterocycles. The first-order valence-electron chi connectivity index (χ1n) is 3.31. The molecule has 2 heteroatoms. The van der Waals surface area contributed by atoms with Crippen molar-refractivity contribution in [3.63, 3.8) is 0 Å². The summed E-state index contributed by atoms with van der Waals surface area (Å²) in [5, 5.41) is 0. The van der Waals surface area contributed by atoms with Crippen LogP contribution in [0.4, 0.5) is 5.69 Å². The second-order valence-corrected chi connectivity index (χ2v) is 2.22. The van der Waals surface area contributed by atoms with E-state index in [1.807, 2.05) is 42.3 Å². The minimum atomic E-state index is 0.560. The second-order valence-electron chi connectivity index (χ2n) is 2.22. The van der Waals surface area contributed by atoms with Gasteiger partial charge in [0.25, 0.3) is 0 Å². The van der Waals surface area contributed by atoms with E-state index >= 15 is 0 Å². The van der Waals surface area contributed by atoms with Crippen LogP contribution >= 0.6 is 0 Å². The predicted octanol–water partition coefficient (Wildman–Crippen LogP) is 1.04. The van der Waals surface area contributed by atoms with Crippen LogP contribution in [0, 0.1) is 0 Å². The molecular formula is C8H12N2. The molecule has 0 atom stereocenters. The van der Waals surface area contributed by atoms with E-state index in [0.717, 1.165) is 5.69 Å². The van der Waals surface area contributed by atoms with Crippen molar-refractivity contribution in [2.45, 2.75) is 0 Å². The van der Waals surface area contributed by atoms with Gasteiger partial charge in [0.2, 0.25) is 0 Å². The summed E-state index contributed by atoms with van der Waals surface area (Å²) in [4.78, 5) is 1.99. The van der Waals surface area contributed by atoms with Gasteiger partial charge in [0.1, 0.15) is 0 Å². The Morgan fingerprint density at radius 2 is 1.90 bits per heavy atom. The Hall–Kier alpha value is -1.02. The summed E-state index contributed by atoms with van der Waals surface area (Å²) in [5.41, 5.74) is 6.59. The number of hydrogen-bond acceptors (Lipinski definition) is 2. The van der Waals surface area contributed by atoms with Gasteiger partial charge < -0.3 is 10.6 Å². The van der Waals surface area contributed by atoms with Gasteiger partial charge in [0.05, 0.1) is 6.67 Å². The van der Waals surface area contributed by atoms with E-state index < -0.39 is 0 Å². The largest absolute Gasteiger partial charge is 0.362 e. The van der Waals surface area contributed by atoms with Gasteiger partial charge in [-0.15, -0.1) is 0 Å². The average molecular weight is 136 g/mol. The van der Waals surface area contributed by atoms with E-state index in [4.69, 9.17) is 5.73 Å². The highest BCUT2D eigenvalue weighted by Gasteiger charge is 1.92. The maximum Gasteiger partial charge on any atom is 0.0653 e. The average Bonchev–Trinajstić information content (AvgIpc) is 2.05. The molecule has 0 aliphatic rings. The molecule has 0 aromatic heterocycles. The number of para-hydroxylation sites is 1. The third-order valence-electron chi connectivity index (χ3n) is 1.47. The summed E-state index contributed by atoms with van der Waals surface area (Å²) in [7, 11) is 1.97. The fraction of sp³-hybridized carbons (Fsp3) is 0.250. The Labute approximate surface area is 61.3 Å². The highest BCUT2D eigenvalue weighted by molar-refractivity contribution is 5.44. The first kappa shape index (κ1) is 7.09. The van der Waals surface area contributed by atoms with Crippen LogP contribution in [-0.4, -0.2) is 13.7 Å². The Morgan fingerprint density at radius 1 is 1.30 bits per heavy atom. The van der Waals surface area contributed by atoms with Crippen LogP contribution < -0.4 is 10.6 Å². The first-order chi connectivity index (χ1) is 4.84. The number of nitrogens with two attached hydrogens (primary N) is 1. The van der Waals surface area contributed by atoms with E-state index in [1.165, 1.54) is 0 Å². The third kappa shape index (κ3) is 1.48. The summed E-state index contributed by atoms with van der Waals surface area (Å²) < 4.78 is 0. The minimum Gasteiger partial charge on any atom is -0.362 e. The quantitative estimate of drug-likeness (QED) is 0.615. The van der Waals surface area contributed by atoms with Crippen molar-refractivity contribution in [3.8, 4) is 0 Å². The Morgan fingerprint density at radius 3 is 2.40 bits per heavy atom. The molecule has 10 heavy (non-hydrogen) atoms. The van der Waals surface area contributed by atoms with Crippen molar-refractivity contribution < 1.29 is 0 Å². The van der Waals surface area contributed by atoms with Crippen LogP contribution in [0.2, 0.25) is 0 Å². The summed E-state index contributed by atoms with van der Waals surface area (Å²) >= 11 is 0. The maximum atomic E-state index is 5.43. The van der Waals surface area contributed by atoms with Gasteiger partial charge in [-0.25, -0.2) is 0 Å². The molecule has 1 aromatic carbocycles. The van der Waals surface area contributed by atoms with Gasteiger partial charge in [-0.1, -0.05) is 18.2 Å². The molecule has 0 bridgehead atoms. The van der Waals surface area contributed by atoms with Gasteiger partial charge in [0, 0.05) is 12.7 Å². The molecule has 0 radical (unpaired) electrons. The van der Waals surface area contributed by atoms with Gasteiger partial charge >= 0.3 is 0 Å². The summed E-state index contributed by atoms with van der Waals surface area (Å²) in [6.07, 6.45) is 0. The zero-order chi connectivity index (χ0) is 7.40. The molecule has 0 amide bonds. The van der Waals surface area contributed by atoms with Crippen LogP contribution in [0.3, 0.4) is 0 Å². The van der Waals surface area contributed by atoms with Crippen molar-refractivity contribution >= 4 is 5.69 Å². The summed E-state index contributed by atoms with van der Waals surface area (Å²) in [5.74, 6) is 0. The van der Waals surface area contributed by atoms with E-state index in [0.29, 0.717) is 6.67 Å². The van der Waals surface area contributed by atoms with Crippen molar-refractivity contribution in [2.75, 3.05) is 18.6 Å². The molecule has 2 N–H and O–H groups in total. The molecule has 1 aromatic rings. The number of rotatable bonds is 2. The van der Waals surface area contributed by atoms with Crippen molar-refractivity contribution in [1.82, 2.24) is 0 Å². The van der Waals surface area contributed by atoms with Gasteiger partial charge in [-0.2, -0.15) is 0 Å². The summed E-state index contributed by atoms with van der Waals surface area (Å²) in [6, 6.07) is 10.1. The Kier molecular flexibility index (Phi) is 2.29. The number of nitrogens with zero attached hydrogens (tertiary/aromatic N) is 1. The van der Waals surface area contributed by atoms with Crippen molar-refractivity contribution in [2.24, 2.45) is 5.73 Å². The zero-order valence-electron chi connectivity index (χ0n) is 6.12. The fourth-order valence-electron chi connectivity index (χ4n) is 0.788. The molecule has 0 saturated carbocycles. The lowest BCUT2D eigenvalue weighted by Gasteiger charge is -2.15. The normalized spacial score (nSPS) is 9.40. The van der Waals surface area contributed by atoms with Crippen LogP contribution in [-0.2, 0) is 0 Å². The van der Waals surface area contributed by atoms with E-state index in [9.17, 15) is 0 Å². The third-order valence-corrected chi connectivity index (χ3v) is 1.47. The topological polar surface area (TPSA) is 29.3 Å². The molecule has 0 heterocycles. The lowest BCUT2D eigenvalue weighted by Crippen LogP contribution is -2.24. The summed E-state index contributed by atoms with van der Waals surface area (Å²) in [6.45, 7) is 0.560. The van der Waals surface area contributed by atoms with Crippen LogP contribution in [0.25, 0.3) is 0 Å². The molecule has 2 nitrogen and oxygen atoms in total. The lowest BCUT2D eigenvalue weighted by atomic mass is 10.3. The van der Waals surface area contributed by atoms with Crippen molar-refractivity contribution in [3.05, 3.63) is 30.3 Å². The monoisotopic (exact) mass is 136 g/mol. The van der Waals surface area contributed by atoms with Crippen LogP contribution in [0.5, 0.6) is 0 Å². The smallest absolute Gasteiger partial charge is 0.0653 e. The molecule has 0 fully saturated rings. The Bertz CT molecular complexity index is 184. The number of hydrogen-bond donors (Lipinski definition) is 1. The lowest BCUT2D eigenvalue weighted by molar-refractivity contribution is 0.933. The molecular weight excluding hydrogens is 124 g/mol. The van der Waals surface area contributed by atoms with Gasteiger partial charge in [0.15, 0.2) is 0 Å². The minimum absolute atomic E-state index is 0.560. The fourth-order valence-corrected chi connectivity index (χ4v) is 0.788. The van der Waals surface area contributed by atoms with E-state index in [1.54, 1.807) is 0 Å². The number of anilines is 1. The first-order valence-corrected chi connectivity index (χ1v) is 3.31. The van der Waals surface area contributed by atoms with Crippen LogP contribution in [0.1, 0.15) is 0 Å². The predicted molar refractivity (Wildman–Crippen MR) is 43.9 cm³/mol. The van der Waals surface area contributed by atoms with Gasteiger partial charge in [-0.05, 0) is 12.1 Å². The molecule has 0 unspecified atom stereocenters. The standard InChI is InChI=1S/C8H12N2/c1-10(7-9)8-5-3-2-4-6-8/h2-6H,7,9H2,1H3. The highest BCUT2D eigenvalue weighted by atomic mass is 15.1. The SMILES string of the molecule is CN(CN)c1ccccc1. The molecule has 54 valence electrons. The molecule has 0 spiro atoms. The van der Waals surface area contributed by atoms with Crippen LogP contribution in [0.15, 0.2) is 30.3 Å². The zero-order valence-corrected chi connectivity index (χ0v) is 6.12. The molecule has 1 rings (SSSR count). The highest BCUT2D eigenvalue weighted by Crippen LogP contribution is 2.08. The molecule has 0 aliphatic carbocycles. The molecule has 0 aliphatic heterocycles. The van der Waals surface area contributed by atoms with E-state index in [2.05, 4.69) is 0 Å². The number of benzene rings is 1. The maximum absolute atomic E-state index is 5.43. The van der Waals surface area contributed by atoms with Crippen molar-refractivity contribution in [1.29, 1.82) is 0 Å². The van der Waals surface area contributed by atoms with E-state index in [-0.39, 0.29) is 0 Å². The second kappa shape index (κ2) is 3.22.